The summed E-state index contributed by atoms with van der Waals surface area (Å²) in [5.41, 5.74) is 5.35. The molecule has 3 heterocycles. The second kappa shape index (κ2) is 14.8. The Bertz CT molecular complexity index is 1550. The summed E-state index contributed by atoms with van der Waals surface area (Å²) >= 11 is 0. The Morgan fingerprint density at radius 2 is 1.45 bits per heavy atom. The molecular weight excluding hydrogens is 617 g/mol. The van der Waals surface area contributed by atoms with E-state index in [2.05, 4.69) is 89.3 Å². The number of benzene rings is 1. The number of hydrogen-bond acceptors (Lipinski definition) is 6. The maximum absolute atomic E-state index is 6.37. The molecule has 1 aliphatic carbocycles. The van der Waals surface area contributed by atoms with Crippen LogP contribution in [0.1, 0.15) is 58.1 Å². The second-order valence-corrected chi connectivity index (χ2v) is 28.2. The van der Waals surface area contributed by atoms with Crippen molar-refractivity contribution in [1.82, 2.24) is 24.4 Å². The second-order valence-electron chi connectivity index (χ2n) is 17.0. The lowest BCUT2D eigenvalue weighted by atomic mass is 9.69. The summed E-state index contributed by atoms with van der Waals surface area (Å²) in [6, 6.07) is 14.7. The minimum absolute atomic E-state index is 0.336. The summed E-state index contributed by atoms with van der Waals surface area (Å²) in [6.45, 7) is 23.9. The molecule has 47 heavy (non-hydrogen) atoms. The average molecular weight is 675 g/mol. The first-order valence-corrected chi connectivity index (χ1v) is 25.0. The number of nitrogens with zero attached hydrogens (tertiary/aromatic N) is 6. The molecule has 0 atom stereocenters. The number of para-hydroxylation sites is 1. The number of ether oxygens (including phenoxy) is 2. The van der Waals surface area contributed by atoms with Crippen LogP contribution in [0.5, 0.6) is 0 Å². The zero-order valence-corrected chi connectivity index (χ0v) is 32.4. The largest absolute Gasteiger partial charge is 0.361 e. The van der Waals surface area contributed by atoms with Crippen molar-refractivity contribution in [3.8, 4) is 16.8 Å². The molecule has 10 heteroatoms. The van der Waals surface area contributed by atoms with Crippen molar-refractivity contribution in [3.63, 3.8) is 0 Å². The fourth-order valence-corrected chi connectivity index (χ4v) is 7.83. The van der Waals surface area contributed by atoms with E-state index >= 15 is 0 Å². The fourth-order valence-electron chi connectivity index (χ4n) is 6.32. The molecule has 0 saturated heterocycles. The number of hydrogen-bond donors (Lipinski definition) is 0. The van der Waals surface area contributed by atoms with Crippen LogP contribution in [0.15, 0.2) is 55.0 Å². The molecule has 0 bridgehead atoms. The average Bonchev–Trinajstić information content (AvgIpc) is 3.67. The van der Waals surface area contributed by atoms with Crippen molar-refractivity contribution in [2.24, 2.45) is 11.3 Å². The molecule has 0 unspecified atom stereocenters. The first-order chi connectivity index (χ1) is 22.2. The van der Waals surface area contributed by atoms with Gasteiger partial charge in [0.1, 0.15) is 19.3 Å². The molecule has 1 saturated carbocycles. The molecule has 4 aromatic rings. The first kappa shape index (κ1) is 35.5. The summed E-state index contributed by atoms with van der Waals surface area (Å²) in [5, 5.41) is 9.64. The van der Waals surface area contributed by atoms with Gasteiger partial charge in [0.05, 0.1) is 18.1 Å². The minimum atomic E-state index is -1.22. The normalized spacial score (nSPS) is 17.8. The molecule has 0 N–H and O–H groups in total. The topological polar surface area (TPSA) is 69.7 Å². The van der Waals surface area contributed by atoms with Gasteiger partial charge in [0.15, 0.2) is 5.65 Å². The number of anilines is 1. The monoisotopic (exact) mass is 674 g/mol. The Morgan fingerprint density at radius 3 is 2.02 bits per heavy atom. The molecule has 0 radical (unpaired) electrons. The van der Waals surface area contributed by atoms with E-state index in [0.717, 1.165) is 78.0 Å². The Labute approximate surface area is 284 Å². The molecule has 5 rings (SSSR count). The van der Waals surface area contributed by atoms with Gasteiger partial charge in [0.25, 0.3) is 0 Å². The van der Waals surface area contributed by atoms with E-state index in [4.69, 9.17) is 24.7 Å². The molecule has 256 valence electrons. The van der Waals surface area contributed by atoms with Crippen LogP contribution in [0.3, 0.4) is 0 Å². The highest BCUT2D eigenvalue weighted by molar-refractivity contribution is 6.76. The highest BCUT2D eigenvalue weighted by Gasteiger charge is 2.32. The molecule has 1 aliphatic rings. The molecule has 1 fully saturated rings. The highest BCUT2D eigenvalue weighted by atomic mass is 28.3. The van der Waals surface area contributed by atoms with Gasteiger partial charge >= 0.3 is 0 Å². The van der Waals surface area contributed by atoms with Crippen molar-refractivity contribution in [2.75, 3.05) is 31.6 Å². The van der Waals surface area contributed by atoms with E-state index in [1.807, 2.05) is 39.8 Å². The van der Waals surface area contributed by atoms with Gasteiger partial charge in [-0.2, -0.15) is 14.7 Å². The molecule has 1 aromatic carbocycles. The van der Waals surface area contributed by atoms with Gasteiger partial charge in [-0.15, -0.1) is 0 Å². The van der Waals surface area contributed by atoms with Crippen molar-refractivity contribution < 1.29 is 9.47 Å². The summed E-state index contributed by atoms with van der Waals surface area (Å²) < 4.78 is 16.6. The van der Waals surface area contributed by atoms with Crippen LogP contribution >= 0.6 is 0 Å². The van der Waals surface area contributed by atoms with Gasteiger partial charge in [-0.1, -0.05) is 78.3 Å². The van der Waals surface area contributed by atoms with Crippen LogP contribution < -0.4 is 4.90 Å². The van der Waals surface area contributed by atoms with Crippen LogP contribution in [-0.4, -0.2) is 67.2 Å². The lowest BCUT2D eigenvalue weighted by Gasteiger charge is -2.37. The van der Waals surface area contributed by atoms with E-state index in [0.29, 0.717) is 24.8 Å². The van der Waals surface area contributed by atoms with Gasteiger partial charge in [-0.3, -0.25) is 0 Å². The number of aromatic nitrogens is 5. The smallest absolute Gasteiger partial charge is 0.165 e. The number of fused-ring (bicyclic) bond motifs is 1. The van der Waals surface area contributed by atoms with Crippen molar-refractivity contribution >= 4 is 27.6 Å². The van der Waals surface area contributed by atoms with E-state index in [1.165, 1.54) is 12.8 Å². The van der Waals surface area contributed by atoms with Gasteiger partial charge in [-0.05, 0) is 61.2 Å². The Hall–Kier alpha value is -2.80. The predicted octanol–water partition coefficient (Wildman–Crippen LogP) is 9.33. The summed E-state index contributed by atoms with van der Waals surface area (Å²) in [4.78, 5) is 7.59. The summed E-state index contributed by atoms with van der Waals surface area (Å²) in [5.74, 6) is 2.13. The fraction of sp³-hybridized carbons (Fsp3) is 0.595. The van der Waals surface area contributed by atoms with Crippen LogP contribution in [-0.2, 0) is 9.47 Å². The Morgan fingerprint density at radius 1 is 0.830 bits per heavy atom. The maximum Gasteiger partial charge on any atom is 0.165 e. The van der Waals surface area contributed by atoms with E-state index in [9.17, 15) is 0 Å². The molecule has 0 aliphatic heterocycles. The third-order valence-corrected chi connectivity index (χ3v) is 13.0. The van der Waals surface area contributed by atoms with Crippen LogP contribution in [0.2, 0.25) is 51.4 Å². The molecule has 3 aromatic heterocycles. The molecule has 0 spiro atoms. The lowest BCUT2D eigenvalue weighted by molar-refractivity contribution is 0.0942. The quantitative estimate of drug-likeness (QED) is 0.0754. The van der Waals surface area contributed by atoms with E-state index in [-0.39, 0.29) is 0 Å². The van der Waals surface area contributed by atoms with E-state index in [1.54, 1.807) is 0 Å². The van der Waals surface area contributed by atoms with Crippen LogP contribution in [0, 0.1) is 11.3 Å². The summed E-state index contributed by atoms with van der Waals surface area (Å²) in [7, 11) is -2.44. The third kappa shape index (κ3) is 9.65. The third-order valence-electron chi connectivity index (χ3n) is 9.57. The SMILES string of the molecule is CC(C)(C)C1CCC(c2cc(N(COCC[Si](C)(C)C)COCC[Si](C)(C)C)n3ncc(-c4cnn(-c5ccccc5)c4)c3n2)CC1. The van der Waals surface area contributed by atoms with Crippen molar-refractivity contribution in [2.45, 2.75) is 104 Å². The molecule has 0 amide bonds. The molecular formula is C37H58N6O2Si2. The van der Waals surface area contributed by atoms with Gasteiger partial charge in [0, 0.05) is 64.4 Å². The zero-order chi connectivity index (χ0) is 33.8. The Balaban J connectivity index is 1.51. The predicted molar refractivity (Wildman–Crippen MR) is 200 cm³/mol. The van der Waals surface area contributed by atoms with Crippen molar-refractivity contribution in [1.29, 1.82) is 0 Å². The molecule has 8 nitrogen and oxygen atoms in total. The Kier molecular flexibility index (Phi) is 11.2. The first-order valence-electron chi connectivity index (χ1n) is 17.6. The standard InChI is InChI=1S/C37H58N6O2Si2/c1-37(2,3)31-17-15-29(16-18-31)34-23-35(41(27-44-19-21-46(4,5)6)28-45-20-22-47(7,8)9)43-36(40-34)33(25-39-43)30-24-38-42(26-30)32-13-11-10-12-14-32/h10-14,23-26,29,31H,15-22,27-28H2,1-9H3. The van der Waals surface area contributed by atoms with Gasteiger partial charge in [0.2, 0.25) is 0 Å². The number of rotatable bonds is 14. The van der Waals surface area contributed by atoms with Crippen LogP contribution in [0.25, 0.3) is 22.5 Å². The maximum atomic E-state index is 6.37. The minimum Gasteiger partial charge on any atom is -0.361 e. The van der Waals surface area contributed by atoms with E-state index < -0.39 is 16.1 Å². The van der Waals surface area contributed by atoms with Crippen molar-refractivity contribution in [3.05, 3.63) is 60.7 Å². The lowest BCUT2D eigenvalue weighted by Crippen LogP contribution is -2.33. The summed E-state index contributed by atoms with van der Waals surface area (Å²) in [6.07, 6.45) is 10.7. The van der Waals surface area contributed by atoms with Gasteiger partial charge < -0.3 is 14.4 Å². The van der Waals surface area contributed by atoms with Gasteiger partial charge in [-0.25, -0.2) is 9.67 Å². The highest BCUT2D eigenvalue weighted by Crippen LogP contribution is 2.43. The van der Waals surface area contributed by atoms with Crippen LogP contribution in [0.4, 0.5) is 5.82 Å². The zero-order valence-electron chi connectivity index (χ0n) is 30.4.